The van der Waals surface area contributed by atoms with E-state index >= 15 is 0 Å². The monoisotopic (exact) mass is 517 g/mol. The van der Waals surface area contributed by atoms with Crippen LogP contribution in [-0.4, -0.2) is 96.6 Å². The topological polar surface area (TPSA) is 80.1 Å². The Hall–Kier alpha value is -1.96. The van der Waals surface area contributed by atoms with Crippen LogP contribution in [0.3, 0.4) is 0 Å². The third kappa shape index (κ3) is 5.89. The number of ether oxygens (including phenoxy) is 2. The van der Waals surface area contributed by atoms with Crippen molar-refractivity contribution in [1.82, 2.24) is 24.7 Å². The van der Waals surface area contributed by atoms with Crippen molar-refractivity contribution in [2.45, 2.75) is 63.9 Å². The Morgan fingerprint density at radius 2 is 1.83 bits per heavy atom. The van der Waals surface area contributed by atoms with Crippen molar-refractivity contribution in [3.05, 3.63) is 17.0 Å². The molecule has 0 bridgehead atoms. The first-order chi connectivity index (χ1) is 16.5. The molecule has 2 saturated heterocycles. The van der Waals surface area contributed by atoms with E-state index in [0.29, 0.717) is 45.7 Å². The van der Waals surface area contributed by atoms with E-state index in [1.165, 1.54) is 0 Å². The van der Waals surface area contributed by atoms with Gasteiger partial charge in [-0.05, 0) is 25.3 Å². The summed E-state index contributed by atoms with van der Waals surface area (Å²) in [5, 5.41) is 7.47. The Labute approximate surface area is 204 Å². The Balaban J connectivity index is 1.46. The number of halogens is 3. The number of carbonyl (C=O) groups is 2. The lowest BCUT2D eigenvalue weighted by Gasteiger charge is -2.44. The van der Waals surface area contributed by atoms with Crippen LogP contribution in [0.5, 0.6) is 0 Å². The maximum absolute atomic E-state index is 13.7. The highest BCUT2D eigenvalue weighted by Gasteiger charge is 2.44. The molecule has 1 aromatic rings. The first kappa shape index (κ1) is 26.1. The molecule has 0 unspecified atom stereocenters. The van der Waals surface area contributed by atoms with Crippen LogP contribution in [0, 0.1) is 0 Å². The molecule has 9 nitrogen and oxygen atoms in total. The molecule has 0 aromatic carbocycles. The molecule has 0 aliphatic carbocycles. The molecule has 0 spiro atoms. The van der Waals surface area contributed by atoms with Crippen molar-refractivity contribution in [2.75, 3.05) is 46.0 Å². The number of piperidine rings is 1. The molecule has 1 aromatic heterocycles. The zero-order valence-corrected chi connectivity index (χ0v) is 21.6. The highest BCUT2D eigenvalue weighted by atomic mass is 28.3. The predicted molar refractivity (Wildman–Crippen MR) is 123 cm³/mol. The fourth-order valence-corrected chi connectivity index (χ4v) is 5.61. The van der Waals surface area contributed by atoms with Gasteiger partial charge in [0.15, 0.2) is 5.69 Å². The summed E-state index contributed by atoms with van der Waals surface area (Å²) < 4.78 is 53.0. The summed E-state index contributed by atoms with van der Waals surface area (Å²) in [6, 6.07) is 0.765. The van der Waals surface area contributed by atoms with E-state index in [1.807, 2.05) is 5.01 Å². The van der Waals surface area contributed by atoms with Crippen LogP contribution in [0.2, 0.25) is 25.7 Å². The van der Waals surface area contributed by atoms with E-state index in [-0.39, 0.29) is 49.5 Å². The first-order valence-electron chi connectivity index (χ1n) is 12.1. The minimum absolute atomic E-state index is 0.0117. The van der Waals surface area contributed by atoms with Gasteiger partial charge in [0.05, 0.1) is 13.2 Å². The summed E-state index contributed by atoms with van der Waals surface area (Å²) in [5.74, 6) is -0.505. The van der Waals surface area contributed by atoms with Gasteiger partial charge in [-0.15, -0.1) is 0 Å². The average molecular weight is 518 g/mol. The van der Waals surface area contributed by atoms with Crippen molar-refractivity contribution >= 4 is 19.9 Å². The summed E-state index contributed by atoms with van der Waals surface area (Å²) in [5.41, 5.74) is -1.04. The van der Waals surface area contributed by atoms with Crippen LogP contribution >= 0.6 is 0 Å². The van der Waals surface area contributed by atoms with E-state index in [9.17, 15) is 22.8 Å². The summed E-state index contributed by atoms with van der Waals surface area (Å²) in [7, 11) is -1.36. The fourth-order valence-electron chi connectivity index (χ4n) is 4.86. The third-order valence-corrected chi connectivity index (χ3v) is 8.48. The van der Waals surface area contributed by atoms with Crippen molar-refractivity contribution in [2.24, 2.45) is 0 Å². The lowest BCUT2D eigenvalue weighted by atomic mass is 9.97. The lowest BCUT2D eigenvalue weighted by molar-refractivity contribution is -0.168. The normalized spacial score (nSPS) is 21.1. The number of hydrazine groups is 1. The lowest BCUT2D eigenvalue weighted by Crippen LogP contribution is -2.57. The number of rotatable bonds is 7. The quantitative estimate of drug-likeness (QED) is 0.408. The molecule has 4 rings (SSSR count). The largest absolute Gasteiger partial charge is 0.435 e. The van der Waals surface area contributed by atoms with Gasteiger partial charge in [0.25, 0.3) is 11.8 Å². The van der Waals surface area contributed by atoms with Gasteiger partial charge in [-0.1, -0.05) is 19.6 Å². The van der Waals surface area contributed by atoms with Crippen LogP contribution in [0.1, 0.15) is 34.6 Å². The highest BCUT2D eigenvalue weighted by Crippen LogP contribution is 2.36. The van der Waals surface area contributed by atoms with Gasteiger partial charge in [-0.2, -0.15) is 18.3 Å². The molecule has 0 atom stereocenters. The smallest absolute Gasteiger partial charge is 0.370 e. The van der Waals surface area contributed by atoms with Gasteiger partial charge in [0.1, 0.15) is 19.0 Å². The number of nitrogens with zero attached hydrogens (tertiary/aromatic N) is 5. The zero-order chi connectivity index (χ0) is 25.4. The van der Waals surface area contributed by atoms with E-state index < -0.39 is 25.9 Å². The molecule has 3 aliphatic heterocycles. The van der Waals surface area contributed by atoms with Crippen LogP contribution in [0.15, 0.2) is 0 Å². The molecule has 0 radical (unpaired) electrons. The minimum Gasteiger partial charge on any atom is -0.370 e. The first-order valence-corrected chi connectivity index (χ1v) is 15.8. The predicted octanol–water partition coefficient (Wildman–Crippen LogP) is 2.45. The van der Waals surface area contributed by atoms with Crippen molar-refractivity contribution in [3.63, 3.8) is 0 Å². The number of hydrogen-bond acceptors (Lipinski definition) is 6. The SMILES string of the molecule is C[Si](C)(C)CCOCn1nc(C(F)(F)F)c2c1C(=O)N(C1CCN(N3CCOCC3=O)CC1)CC2. The van der Waals surface area contributed by atoms with Crippen molar-refractivity contribution in [1.29, 1.82) is 0 Å². The molecule has 35 heavy (non-hydrogen) atoms. The number of carbonyl (C=O) groups excluding carboxylic acids is 2. The summed E-state index contributed by atoms with van der Waals surface area (Å²) in [6.45, 7) is 9.29. The molecule has 0 N–H and O–H groups in total. The highest BCUT2D eigenvalue weighted by molar-refractivity contribution is 6.76. The van der Waals surface area contributed by atoms with Crippen LogP contribution in [0.4, 0.5) is 13.2 Å². The summed E-state index contributed by atoms with van der Waals surface area (Å²) in [6.07, 6.45) is -3.25. The van der Waals surface area contributed by atoms with E-state index in [4.69, 9.17) is 9.47 Å². The maximum Gasteiger partial charge on any atom is 0.435 e. The molecule has 13 heteroatoms. The van der Waals surface area contributed by atoms with Crippen molar-refractivity contribution < 1.29 is 32.2 Å². The molecule has 0 saturated carbocycles. The Kier molecular flexibility index (Phi) is 7.60. The van der Waals surface area contributed by atoms with Crippen molar-refractivity contribution in [3.8, 4) is 0 Å². The molecule has 4 heterocycles. The Morgan fingerprint density at radius 3 is 2.46 bits per heavy atom. The molecule has 2 fully saturated rings. The summed E-state index contributed by atoms with van der Waals surface area (Å²) >= 11 is 0. The second-order valence-electron chi connectivity index (χ2n) is 10.5. The number of aromatic nitrogens is 2. The van der Waals surface area contributed by atoms with E-state index in [1.54, 1.807) is 9.91 Å². The van der Waals surface area contributed by atoms with Gasteiger partial charge in [-0.25, -0.2) is 9.69 Å². The summed E-state index contributed by atoms with van der Waals surface area (Å²) in [4.78, 5) is 27.3. The maximum atomic E-state index is 13.7. The molecular weight excluding hydrogens is 483 g/mol. The number of alkyl halides is 3. The van der Waals surface area contributed by atoms with Crippen LogP contribution < -0.4 is 0 Å². The van der Waals surface area contributed by atoms with Crippen LogP contribution in [-0.2, 0) is 33.6 Å². The molecule has 3 aliphatic rings. The average Bonchev–Trinajstić information content (AvgIpc) is 3.17. The standard InChI is InChI=1S/C22H34F3N5O4Si/c1-35(2,3)13-12-34-15-29-19-17(20(26-29)22(23,24)25)6-9-28(21(19)32)16-4-7-27(8-5-16)30-10-11-33-14-18(30)31/h16H,4-15H2,1-3H3. The molecule has 196 valence electrons. The van der Waals surface area contributed by atoms with Gasteiger partial charge in [0.2, 0.25) is 0 Å². The molecule has 2 amide bonds. The van der Waals surface area contributed by atoms with Gasteiger partial charge in [0, 0.05) is 45.9 Å². The number of hydrogen-bond donors (Lipinski definition) is 0. The van der Waals surface area contributed by atoms with E-state index in [2.05, 4.69) is 24.7 Å². The Morgan fingerprint density at radius 1 is 1.11 bits per heavy atom. The number of amides is 2. The van der Waals surface area contributed by atoms with Gasteiger partial charge in [-0.3, -0.25) is 14.6 Å². The minimum atomic E-state index is -4.63. The third-order valence-electron chi connectivity index (χ3n) is 6.78. The number of morpholine rings is 1. The fraction of sp³-hybridized carbons (Fsp3) is 0.773. The molecular formula is C22H34F3N5O4Si. The van der Waals surface area contributed by atoms with E-state index in [0.717, 1.165) is 10.7 Å². The second-order valence-corrected chi connectivity index (χ2v) is 16.1. The Bertz CT molecular complexity index is 941. The zero-order valence-electron chi connectivity index (χ0n) is 20.6. The van der Waals surface area contributed by atoms with Gasteiger partial charge >= 0.3 is 6.18 Å². The second kappa shape index (κ2) is 10.2. The van der Waals surface area contributed by atoms with Crippen LogP contribution in [0.25, 0.3) is 0 Å². The number of fused-ring (bicyclic) bond motifs is 1. The van der Waals surface area contributed by atoms with Gasteiger partial charge < -0.3 is 14.4 Å².